The van der Waals surface area contributed by atoms with Gasteiger partial charge in [0.05, 0.1) is 6.10 Å². The summed E-state index contributed by atoms with van der Waals surface area (Å²) in [5.74, 6) is 6.40. The van der Waals surface area contributed by atoms with E-state index >= 15 is 0 Å². The molecule has 1 N–H and O–H groups in total. The molecule has 2 aliphatic rings. The van der Waals surface area contributed by atoms with Gasteiger partial charge in [0, 0.05) is 31.1 Å². The average Bonchev–Trinajstić information content (AvgIpc) is 2.55. The van der Waals surface area contributed by atoms with Gasteiger partial charge in [-0.25, -0.2) is 0 Å². The third kappa shape index (κ3) is 2.55. The van der Waals surface area contributed by atoms with Gasteiger partial charge in [-0.1, -0.05) is 30.9 Å². The number of aliphatic hydroxyl groups is 1. The molecule has 2 rings (SSSR count). The molecule has 0 aromatic heterocycles. The molecule has 0 aromatic carbocycles. The minimum absolute atomic E-state index is 0.149. The number of hydrogen-bond acceptors (Lipinski definition) is 2. The maximum Gasteiger partial charge on any atom is 0.0679 e. The smallest absolute Gasteiger partial charge is 0.0679 e. The lowest BCUT2D eigenvalue weighted by Crippen LogP contribution is -2.34. The van der Waals surface area contributed by atoms with E-state index in [2.05, 4.69) is 41.9 Å². The fraction of sp³-hybridized carbons (Fsp3) is 0.571. The summed E-state index contributed by atoms with van der Waals surface area (Å²) < 4.78 is 0. The fourth-order valence-corrected chi connectivity index (χ4v) is 2.41. The van der Waals surface area contributed by atoms with Crippen molar-refractivity contribution in [2.75, 3.05) is 13.1 Å². The molecule has 0 bridgehead atoms. The summed E-state index contributed by atoms with van der Waals surface area (Å²) in [5.41, 5.74) is 1.20. The second-order valence-corrected chi connectivity index (χ2v) is 4.42. The molecule has 1 heterocycles. The van der Waals surface area contributed by atoms with Crippen LogP contribution >= 0.6 is 0 Å². The van der Waals surface area contributed by atoms with E-state index in [0.29, 0.717) is 6.04 Å². The van der Waals surface area contributed by atoms with Crippen LogP contribution in [0, 0.1) is 11.8 Å². The van der Waals surface area contributed by atoms with Crippen LogP contribution < -0.4 is 0 Å². The summed E-state index contributed by atoms with van der Waals surface area (Å²) in [4.78, 5) is 2.35. The molecule has 86 valence electrons. The monoisotopic (exact) mass is 217 g/mol. The summed E-state index contributed by atoms with van der Waals surface area (Å²) in [6.45, 7) is 3.97. The van der Waals surface area contributed by atoms with E-state index < -0.39 is 0 Å². The lowest BCUT2D eigenvalue weighted by Gasteiger charge is -2.26. The Morgan fingerprint density at radius 2 is 2.50 bits per heavy atom. The van der Waals surface area contributed by atoms with Crippen molar-refractivity contribution in [1.82, 2.24) is 4.90 Å². The van der Waals surface area contributed by atoms with Crippen LogP contribution in [0.1, 0.15) is 26.2 Å². The molecule has 16 heavy (non-hydrogen) atoms. The largest absolute Gasteiger partial charge is 0.392 e. The molecule has 1 saturated heterocycles. The van der Waals surface area contributed by atoms with Crippen molar-refractivity contribution in [3.63, 3.8) is 0 Å². The first-order valence-corrected chi connectivity index (χ1v) is 6.09. The Morgan fingerprint density at radius 1 is 1.62 bits per heavy atom. The van der Waals surface area contributed by atoms with E-state index in [1.807, 2.05) is 0 Å². The molecule has 0 spiro atoms. The average molecular weight is 217 g/mol. The van der Waals surface area contributed by atoms with Crippen molar-refractivity contribution >= 4 is 0 Å². The van der Waals surface area contributed by atoms with Crippen molar-refractivity contribution in [2.45, 2.75) is 38.3 Å². The summed E-state index contributed by atoms with van der Waals surface area (Å²) in [7, 11) is 0. The highest BCUT2D eigenvalue weighted by Crippen LogP contribution is 2.21. The van der Waals surface area contributed by atoms with Crippen molar-refractivity contribution in [3.05, 3.63) is 23.8 Å². The van der Waals surface area contributed by atoms with Gasteiger partial charge in [0.25, 0.3) is 0 Å². The molecule has 0 saturated carbocycles. The molecule has 2 nitrogen and oxygen atoms in total. The Morgan fingerprint density at radius 3 is 3.19 bits per heavy atom. The van der Waals surface area contributed by atoms with Gasteiger partial charge in [-0.05, 0) is 18.9 Å². The second-order valence-electron chi connectivity index (χ2n) is 4.42. The lowest BCUT2D eigenvalue weighted by atomic mass is 10.0. The van der Waals surface area contributed by atoms with E-state index in [4.69, 9.17) is 0 Å². The predicted octanol–water partition coefficient (Wildman–Crippen LogP) is 1.72. The summed E-state index contributed by atoms with van der Waals surface area (Å²) >= 11 is 0. The molecule has 2 atom stereocenters. The lowest BCUT2D eigenvalue weighted by molar-refractivity contribution is 0.166. The third-order valence-electron chi connectivity index (χ3n) is 3.25. The van der Waals surface area contributed by atoms with Crippen LogP contribution in [0.2, 0.25) is 0 Å². The van der Waals surface area contributed by atoms with Crippen LogP contribution in [0.15, 0.2) is 23.8 Å². The number of likely N-dealkylation sites (tertiary alicyclic amines) is 1. The molecule has 2 heteroatoms. The van der Waals surface area contributed by atoms with Crippen LogP contribution in [0.25, 0.3) is 0 Å². The van der Waals surface area contributed by atoms with Crippen LogP contribution in [0.5, 0.6) is 0 Å². The van der Waals surface area contributed by atoms with Crippen molar-refractivity contribution < 1.29 is 5.11 Å². The minimum Gasteiger partial charge on any atom is -0.392 e. The first-order chi connectivity index (χ1) is 7.81. The topological polar surface area (TPSA) is 23.5 Å². The molecule has 1 fully saturated rings. The van der Waals surface area contributed by atoms with Gasteiger partial charge < -0.3 is 5.11 Å². The Labute approximate surface area is 97.6 Å². The second kappa shape index (κ2) is 5.34. The summed E-state index contributed by atoms with van der Waals surface area (Å²) in [5, 5.41) is 9.59. The molecular weight excluding hydrogens is 198 g/mol. The van der Waals surface area contributed by atoms with E-state index in [-0.39, 0.29) is 6.10 Å². The number of hydrogen-bond donors (Lipinski definition) is 1. The SMILES string of the molecule is CC[C@H](C1=CC=CCC#C1)N1CC[C@H](O)C1. The predicted molar refractivity (Wildman–Crippen MR) is 65.9 cm³/mol. The van der Waals surface area contributed by atoms with Gasteiger partial charge in [-0.2, -0.15) is 0 Å². The minimum atomic E-state index is -0.149. The third-order valence-corrected chi connectivity index (χ3v) is 3.25. The Balaban J connectivity index is 2.11. The zero-order valence-corrected chi connectivity index (χ0v) is 9.82. The zero-order chi connectivity index (χ0) is 11.4. The summed E-state index contributed by atoms with van der Waals surface area (Å²) in [6.07, 6.45) is 8.94. The van der Waals surface area contributed by atoms with Gasteiger partial charge in [0.2, 0.25) is 0 Å². The molecule has 0 unspecified atom stereocenters. The molecule has 1 aliphatic heterocycles. The van der Waals surface area contributed by atoms with Crippen LogP contribution in [-0.2, 0) is 0 Å². The van der Waals surface area contributed by atoms with Crippen LogP contribution in [-0.4, -0.2) is 35.2 Å². The van der Waals surface area contributed by atoms with E-state index in [0.717, 1.165) is 32.4 Å². The molecule has 0 radical (unpaired) electrons. The number of nitrogens with zero attached hydrogens (tertiary/aromatic N) is 1. The Kier molecular flexibility index (Phi) is 3.82. The maximum atomic E-state index is 9.59. The highest BCUT2D eigenvalue weighted by molar-refractivity contribution is 5.39. The van der Waals surface area contributed by atoms with Crippen molar-refractivity contribution in [3.8, 4) is 11.8 Å². The molecule has 0 amide bonds. The molecule has 0 aromatic rings. The van der Waals surface area contributed by atoms with Crippen molar-refractivity contribution in [2.24, 2.45) is 0 Å². The molecular formula is C14H19NO. The van der Waals surface area contributed by atoms with Gasteiger partial charge in [-0.15, -0.1) is 0 Å². The van der Waals surface area contributed by atoms with Gasteiger partial charge in [0.15, 0.2) is 0 Å². The number of allylic oxidation sites excluding steroid dienone is 3. The van der Waals surface area contributed by atoms with E-state index in [1.54, 1.807) is 0 Å². The number of aliphatic hydroxyl groups excluding tert-OH is 1. The molecule has 1 aliphatic carbocycles. The number of β-amino-alcohol motifs (C(OH)–C–C–N with tert-alkyl or cyclic N) is 1. The van der Waals surface area contributed by atoms with Gasteiger partial charge in [0.1, 0.15) is 0 Å². The zero-order valence-electron chi connectivity index (χ0n) is 9.82. The first kappa shape index (κ1) is 11.4. The quantitative estimate of drug-likeness (QED) is 0.728. The van der Waals surface area contributed by atoms with Crippen molar-refractivity contribution in [1.29, 1.82) is 0 Å². The van der Waals surface area contributed by atoms with Gasteiger partial charge in [-0.3, -0.25) is 4.90 Å². The van der Waals surface area contributed by atoms with Crippen LogP contribution in [0.3, 0.4) is 0 Å². The number of rotatable bonds is 3. The Bertz CT molecular complexity index is 359. The van der Waals surface area contributed by atoms with Crippen LogP contribution in [0.4, 0.5) is 0 Å². The standard InChI is InChI=1S/C14H19NO/c1-2-14(15-10-9-13(16)11-15)12-7-5-3-4-6-8-12/h3,5,7,13-14,16H,2,4,9-11H2,1H3/t13-,14+/m0/s1. The summed E-state index contributed by atoms with van der Waals surface area (Å²) in [6, 6.07) is 0.382. The van der Waals surface area contributed by atoms with E-state index in [1.165, 1.54) is 5.57 Å². The first-order valence-electron chi connectivity index (χ1n) is 6.09. The van der Waals surface area contributed by atoms with Gasteiger partial charge >= 0.3 is 0 Å². The fourth-order valence-electron chi connectivity index (χ4n) is 2.41. The Hall–Kier alpha value is -1.04. The highest BCUT2D eigenvalue weighted by atomic mass is 16.3. The van der Waals surface area contributed by atoms with E-state index in [9.17, 15) is 5.11 Å². The normalized spacial score (nSPS) is 26.9. The maximum absolute atomic E-state index is 9.59. The highest BCUT2D eigenvalue weighted by Gasteiger charge is 2.27.